The lowest BCUT2D eigenvalue weighted by Crippen LogP contribution is -2.27. The second-order valence-corrected chi connectivity index (χ2v) is 4.20. The summed E-state index contributed by atoms with van der Waals surface area (Å²) in [7, 11) is 0. The van der Waals surface area contributed by atoms with Crippen molar-refractivity contribution < 1.29 is 19.4 Å². The molecule has 0 saturated carbocycles. The highest BCUT2D eigenvalue weighted by molar-refractivity contribution is 5.95. The van der Waals surface area contributed by atoms with Gasteiger partial charge in [0.2, 0.25) is 0 Å². The summed E-state index contributed by atoms with van der Waals surface area (Å²) >= 11 is 0. The van der Waals surface area contributed by atoms with Gasteiger partial charge >= 0.3 is 5.97 Å². The molecule has 0 aliphatic carbocycles. The zero-order valence-corrected chi connectivity index (χ0v) is 11.7. The van der Waals surface area contributed by atoms with Crippen LogP contribution in [0.1, 0.15) is 28.4 Å². The van der Waals surface area contributed by atoms with E-state index in [0.717, 1.165) is 11.6 Å². The summed E-state index contributed by atoms with van der Waals surface area (Å²) in [4.78, 5) is 22.4. The molecular weight excluding hydrogens is 258 g/mol. The van der Waals surface area contributed by atoms with E-state index < -0.39 is 5.97 Å². The van der Waals surface area contributed by atoms with E-state index in [0.29, 0.717) is 30.9 Å². The first-order valence-corrected chi connectivity index (χ1v) is 6.42. The summed E-state index contributed by atoms with van der Waals surface area (Å²) in [6, 6.07) is 5.17. The molecule has 0 atom stereocenters. The van der Waals surface area contributed by atoms with Gasteiger partial charge < -0.3 is 15.2 Å². The van der Waals surface area contributed by atoms with Crippen molar-refractivity contribution in [2.45, 2.75) is 13.8 Å². The van der Waals surface area contributed by atoms with Gasteiger partial charge in [-0.15, -0.1) is 0 Å². The van der Waals surface area contributed by atoms with Crippen molar-refractivity contribution in [3.63, 3.8) is 0 Å². The minimum atomic E-state index is -1.02. The van der Waals surface area contributed by atoms with Crippen LogP contribution in [0.5, 0.6) is 0 Å². The summed E-state index contributed by atoms with van der Waals surface area (Å²) in [6.07, 6.45) is 2.54. The number of rotatable bonds is 7. The van der Waals surface area contributed by atoms with Crippen LogP contribution in [-0.4, -0.2) is 36.7 Å². The van der Waals surface area contributed by atoms with Crippen LogP contribution in [0.15, 0.2) is 24.3 Å². The van der Waals surface area contributed by atoms with Crippen molar-refractivity contribution in [2.24, 2.45) is 0 Å². The molecule has 1 amide bonds. The average molecular weight is 277 g/mol. The van der Waals surface area contributed by atoms with Gasteiger partial charge in [0.25, 0.3) is 5.91 Å². The van der Waals surface area contributed by atoms with Gasteiger partial charge in [-0.2, -0.15) is 0 Å². The van der Waals surface area contributed by atoms with E-state index in [9.17, 15) is 9.59 Å². The predicted molar refractivity (Wildman–Crippen MR) is 76.7 cm³/mol. The third-order valence-corrected chi connectivity index (χ3v) is 2.68. The van der Waals surface area contributed by atoms with E-state index in [4.69, 9.17) is 9.84 Å². The summed E-state index contributed by atoms with van der Waals surface area (Å²) < 4.78 is 5.14. The fraction of sp³-hybridized carbons (Fsp3) is 0.333. The highest BCUT2D eigenvalue weighted by Crippen LogP contribution is 2.13. The molecule has 0 fully saturated rings. The Bertz CT molecular complexity index is 509. The molecule has 5 nitrogen and oxygen atoms in total. The molecule has 0 aliphatic heterocycles. The molecular formula is C15H19NO4. The van der Waals surface area contributed by atoms with Crippen molar-refractivity contribution in [3.05, 3.63) is 41.0 Å². The number of amides is 1. The number of ether oxygens (including phenoxy) is 1. The molecule has 0 aliphatic rings. The topological polar surface area (TPSA) is 75.6 Å². The molecule has 0 spiro atoms. The highest BCUT2D eigenvalue weighted by atomic mass is 16.5. The molecule has 1 aromatic carbocycles. The third-order valence-electron chi connectivity index (χ3n) is 2.68. The lowest BCUT2D eigenvalue weighted by molar-refractivity contribution is -0.131. The van der Waals surface area contributed by atoms with E-state index in [2.05, 4.69) is 5.32 Å². The molecule has 0 heterocycles. The van der Waals surface area contributed by atoms with E-state index in [1.54, 1.807) is 18.2 Å². The molecule has 20 heavy (non-hydrogen) atoms. The lowest BCUT2D eigenvalue weighted by Gasteiger charge is -2.07. The van der Waals surface area contributed by atoms with Gasteiger partial charge in [0, 0.05) is 24.8 Å². The summed E-state index contributed by atoms with van der Waals surface area (Å²) in [5, 5.41) is 11.4. The molecule has 0 saturated heterocycles. The second-order valence-electron chi connectivity index (χ2n) is 4.20. The largest absolute Gasteiger partial charge is 0.478 e. The van der Waals surface area contributed by atoms with Crippen molar-refractivity contribution in [3.8, 4) is 0 Å². The smallest absolute Gasteiger partial charge is 0.328 e. The number of hydrogen-bond acceptors (Lipinski definition) is 3. The molecule has 0 unspecified atom stereocenters. The fourth-order valence-electron chi connectivity index (χ4n) is 1.61. The second kappa shape index (κ2) is 8.12. The van der Waals surface area contributed by atoms with Crippen LogP contribution in [0.25, 0.3) is 6.08 Å². The number of aliphatic carboxylic acids is 1. The van der Waals surface area contributed by atoms with E-state index in [-0.39, 0.29) is 5.91 Å². The number of aryl methyl sites for hydroxylation is 1. The van der Waals surface area contributed by atoms with Crippen molar-refractivity contribution >= 4 is 18.0 Å². The first-order valence-electron chi connectivity index (χ1n) is 6.42. The maximum absolute atomic E-state index is 11.9. The summed E-state index contributed by atoms with van der Waals surface area (Å²) in [5.41, 5.74) is 2.12. The molecule has 1 rings (SSSR count). The zero-order valence-electron chi connectivity index (χ0n) is 11.7. The Kier molecular flexibility index (Phi) is 6.46. The highest BCUT2D eigenvalue weighted by Gasteiger charge is 2.06. The Morgan fingerprint density at radius 2 is 2.15 bits per heavy atom. The van der Waals surface area contributed by atoms with Gasteiger partial charge in [-0.3, -0.25) is 4.79 Å². The van der Waals surface area contributed by atoms with Crippen LogP contribution in [0.3, 0.4) is 0 Å². The molecule has 108 valence electrons. The van der Waals surface area contributed by atoms with Crippen LogP contribution in [0.2, 0.25) is 0 Å². The first kappa shape index (κ1) is 15.9. The normalized spacial score (nSPS) is 10.7. The quantitative estimate of drug-likeness (QED) is 0.589. The minimum Gasteiger partial charge on any atom is -0.478 e. The van der Waals surface area contributed by atoms with Gasteiger partial charge in [-0.1, -0.05) is 6.07 Å². The molecule has 0 bridgehead atoms. The molecule has 5 heteroatoms. The number of hydrogen-bond donors (Lipinski definition) is 2. The Morgan fingerprint density at radius 1 is 1.40 bits per heavy atom. The first-order chi connectivity index (χ1) is 9.54. The van der Waals surface area contributed by atoms with Crippen molar-refractivity contribution in [1.29, 1.82) is 0 Å². The van der Waals surface area contributed by atoms with Crippen LogP contribution in [-0.2, 0) is 9.53 Å². The number of carbonyl (C=O) groups excluding carboxylic acids is 1. The zero-order chi connectivity index (χ0) is 15.0. The Labute approximate surface area is 118 Å². The van der Waals surface area contributed by atoms with E-state index in [1.165, 1.54) is 6.08 Å². The molecule has 0 radical (unpaired) electrons. The summed E-state index contributed by atoms with van der Waals surface area (Å²) in [6.45, 7) is 5.28. The summed E-state index contributed by atoms with van der Waals surface area (Å²) in [5.74, 6) is -1.22. The van der Waals surface area contributed by atoms with Gasteiger partial charge in [0.05, 0.1) is 6.61 Å². The Balaban J connectivity index is 2.73. The molecule has 0 aromatic heterocycles. The number of carbonyl (C=O) groups is 2. The van der Waals surface area contributed by atoms with Gasteiger partial charge in [0.1, 0.15) is 0 Å². The number of carboxylic acid groups (broad SMARTS) is 1. The van der Waals surface area contributed by atoms with Crippen LogP contribution >= 0.6 is 0 Å². The van der Waals surface area contributed by atoms with Gasteiger partial charge in [-0.05, 0) is 43.2 Å². The lowest BCUT2D eigenvalue weighted by atomic mass is 10.0. The Hall–Kier alpha value is -2.14. The maximum atomic E-state index is 11.9. The number of nitrogens with one attached hydrogen (secondary N) is 1. The van der Waals surface area contributed by atoms with Crippen molar-refractivity contribution in [2.75, 3.05) is 19.8 Å². The monoisotopic (exact) mass is 277 g/mol. The fourth-order valence-corrected chi connectivity index (χ4v) is 1.61. The van der Waals surface area contributed by atoms with Crippen LogP contribution in [0.4, 0.5) is 0 Å². The number of carboxylic acids is 1. The minimum absolute atomic E-state index is 0.199. The van der Waals surface area contributed by atoms with E-state index in [1.807, 2.05) is 13.8 Å². The van der Waals surface area contributed by atoms with Gasteiger partial charge in [-0.25, -0.2) is 4.79 Å². The SMILES string of the molecule is CCOCCNC(=O)c1ccc(C)c(/C=C/C(=O)O)c1. The molecule has 2 N–H and O–H groups in total. The average Bonchev–Trinajstić information content (AvgIpc) is 2.42. The van der Waals surface area contributed by atoms with Crippen LogP contribution in [0, 0.1) is 6.92 Å². The van der Waals surface area contributed by atoms with Crippen molar-refractivity contribution in [1.82, 2.24) is 5.32 Å². The van der Waals surface area contributed by atoms with E-state index >= 15 is 0 Å². The number of benzene rings is 1. The third kappa shape index (κ3) is 5.24. The maximum Gasteiger partial charge on any atom is 0.328 e. The predicted octanol–water partition coefficient (Wildman–Crippen LogP) is 1.86. The van der Waals surface area contributed by atoms with Gasteiger partial charge in [0.15, 0.2) is 0 Å². The van der Waals surface area contributed by atoms with Crippen LogP contribution < -0.4 is 5.32 Å². The standard InChI is InChI=1S/C15H19NO4/c1-3-20-9-8-16-15(19)13-5-4-11(2)12(10-13)6-7-14(17)18/h4-7,10H,3,8-9H2,1-2H3,(H,16,19)(H,17,18)/b7-6+. The Morgan fingerprint density at radius 3 is 2.80 bits per heavy atom. The molecule has 1 aromatic rings.